The van der Waals surface area contributed by atoms with Crippen molar-refractivity contribution in [2.45, 2.75) is 25.9 Å². The fourth-order valence-electron chi connectivity index (χ4n) is 2.41. The molecule has 1 amide bonds. The van der Waals surface area contributed by atoms with Crippen LogP contribution in [-0.4, -0.2) is 23.9 Å². The minimum absolute atomic E-state index is 0.279. The SMILES string of the molecule is CC1CCCN(C(=O)c2cc(C(F)(F)F)ccc2F)C1. The van der Waals surface area contributed by atoms with E-state index in [1.807, 2.05) is 6.92 Å². The molecule has 1 aliphatic heterocycles. The summed E-state index contributed by atoms with van der Waals surface area (Å²) in [5.41, 5.74) is -1.51. The van der Waals surface area contributed by atoms with Gasteiger partial charge in [-0.1, -0.05) is 6.92 Å². The van der Waals surface area contributed by atoms with Gasteiger partial charge < -0.3 is 4.90 Å². The van der Waals surface area contributed by atoms with Crippen molar-refractivity contribution in [3.05, 3.63) is 35.1 Å². The van der Waals surface area contributed by atoms with Crippen molar-refractivity contribution >= 4 is 5.91 Å². The Morgan fingerprint density at radius 1 is 1.35 bits per heavy atom. The average molecular weight is 289 g/mol. The Hall–Kier alpha value is -1.59. The number of nitrogens with zero attached hydrogens (tertiary/aromatic N) is 1. The predicted molar refractivity (Wildman–Crippen MR) is 65.7 cm³/mol. The molecule has 1 saturated heterocycles. The summed E-state index contributed by atoms with van der Waals surface area (Å²) in [5.74, 6) is -1.30. The number of hydrogen-bond acceptors (Lipinski definition) is 1. The molecule has 0 aromatic heterocycles. The van der Waals surface area contributed by atoms with E-state index in [1.165, 1.54) is 4.90 Å². The lowest BCUT2D eigenvalue weighted by molar-refractivity contribution is -0.137. The maximum Gasteiger partial charge on any atom is 0.416 e. The van der Waals surface area contributed by atoms with Gasteiger partial charge in [0.2, 0.25) is 0 Å². The molecule has 1 heterocycles. The number of rotatable bonds is 1. The molecule has 1 aliphatic rings. The van der Waals surface area contributed by atoms with E-state index in [9.17, 15) is 22.4 Å². The summed E-state index contributed by atoms with van der Waals surface area (Å²) in [5, 5.41) is 0. The molecule has 1 aromatic carbocycles. The molecular formula is C14H15F4NO. The number of hydrogen-bond donors (Lipinski definition) is 0. The number of carbonyl (C=O) groups excluding carboxylic acids is 1. The Kier molecular flexibility index (Phi) is 4.01. The van der Waals surface area contributed by atoms with Gasteiger partial charge in [0, 0.05) is 13.1 Å². The first-order valence-corrected chi connectivity index (χ1v) is 6.45. The first kappa shape index (κ1) is 14.8. The van der Waals surface area contributed by atoms with Crippen LogP contribution in [0.15, 0.2) is 18.2 Å². The summed E-state index contributed by atoms with van der Waals surface area (Å²) < 4.78 is 51.5. The molecule has 20 heavy (non-hydrogen) atoms. The van der Waals surface area contributed by atoms with Gasteiger partial charge in [-0.05, 0) is 37.0 Å². The normalized spacial score (nSPS) is 20.1. The third-order valence-corrected chi connectivity index (χ3v) is 3.47. The molecule has 0 saturated carbocycles. The first-order valence-electron chi connectivity index (χ1n) is 6.45. The summed E-state index contributed by atoms with van der Waals surface area (Å²) in [7, 11) is 0. The van der Waals surface area contributed by atoms with E-state index in [0.29, 0.717) is 31.3 Å². The van der Waals surface area contributed by atoms with E-state index in [2.05, 4.69) is 0 Å². The van der Waals surface area contributed by atoms with Crippen LogP contribution in [0.25, 0.3) is 0 Å². The van der Waals surface area contributed by atoms with Crippen LogP contribution < -0.4 is 0 Å². The van der Waals surface area contributed by atoms with Crippen molar-refractivity contribution in [1.29, 1.82) is 0 Å². The summed E-state index contributed by atoms with van der Waals surface area (Å²) in [4.78, 5) is 13.6. The number of amides is 1. The highest BCUT2D eigenvalue weighted by molar-refractivity contribution is 5.94. The molecule has 0 aliphatic carbocycles. The average Bonchev–Trinajstić information content (AvgIpc) is 2.37. The third kappa shape index (κ3) is 3.11. The van der Waals surface area contributed by atoms with E-state index in [-0.39, 0.29) is 5.92 Å². The molecule has 0 radical (unpaired) electrons. The zero-order valence-corrected chi connectivity index (χ0v) is 11.0. The van der Waals surface area contributed by atoms with Crippen molar-refractivity contribution in [1.82, 2.24) is 4.90 Å². The summed E-state index contributed by atoms with van der Waals surface area (Å²) >= 11 is 0. The minimum Gasteiger partial charge on any atom is -0.338 e. The van der Waals surface area contributed by atoms with Gasteiger partial charge >= 0.3 is 6.18 Å². The number of likely N-dealkylation sites (tertiary alicyclic amines) is 1. The molecule has 110 valence electrons. The topological polar surface area (TPSA) is 20.3 Å². The minimum atomic E-state index is -4.59. The Bertz CT molecular complexity index is 512. The van der Waals surface area contributed by atoms with Crippen LogP contribution >= 0.6 is 0 Å². The van der Waals surface area contributed by atoms with Gasteiger partial charge in [-0.3, -0.25) is 4.79 Å². The summed E-state index contributed by atoms with van der Waals surface area (Å²) in [6.45, 7) is 2.87. The molecule has 1 fully saturated rings. The van der Waals surface area contributed by atoms with Gasteiger partial charge in [-0.15, -0.1) is 0 Å². The zero-order chi connectivity index (χ0) is 14.9. The van der Waals surface area contributed by atoms with E-state index >= 15 is 0 Å². The van der Waals surface area contributed by atoms with Crippen LogP contribution in [-0.2, 0) is 6.18 Å². The predicted octanol–water partition coefficient (Wildman–Crippen LogP) is 3.72. The molecule has 1 aromatic rings. The number of carbonyl (C=O) groups is 1. The summed E-state index contributed by atoms with van der Waals surface area (Å²) in [6, 6.07) is 1.94. The van der Waals surface area contributed by atoms with E-state index in [0.717, 1.165) is 12.8 Å². The summed E-state index contributed by atoms with van der Waals surface area (Å²) in [6.07, 6.45) is -2.83. The van der Waals surface area contributed by atoms with Gasteiger partial charge in [-0.2, -0.15) is 13.2 Å². The Morgan fingerprint density at radius 3 is 2.65 bits per heavy atom. The lowest BCUT2D eigenvalue weighted by Gasteiger charge is -2.31. The second-order valence-corrected chi connectivity index (χ2v) is 5.19. The van der Waals surface area contributed by atoms with Gasteiger partial charge in [-0.25, -0.2) is 4.39 Å². The van der Waals surface area contributed by atoms with Crippen molar-refractivity contribution in [2.75, 3.05) is 13.1 Å². The highest BCUT2D eigenvalue weighted by Gasteiger charge is 2.33. The van der Waals surface area contributed by atoms with Crippen LogP contribution in [0.4, 0.5) is 17.6 Å². The van der Waals surface area contributed by atoms with Crippen molar-refractivity contribution in [3.8, 4) is 0 Å². The molecule has 0 spiro atoms. The molecule has 2 nitrogen and oxygen atoms in total. The molecular weight excluding hydrogens is 274 g/mol. The Balaban J connectivity index is 2.29. The van der Waals surface area contributed by atoms with Gasteiger partial charge in [0.1, 0.15) is 5.82 Å². The van der Waals surface area contributed by atoms with E-state index < -0.39 is 29.0 Å². The maximum atomic E-state index is 13.6. The smallest absolute Gasteiger partial charge is 0.338 e. The number of benzene rings is 1. The molecule has 0 bridgehead atoms. The molecule has 2 rings (SSSR count). The van der Waals surface area contributed by atoms with Crippen LogP contribution in [0.1, 0.15) is 35.7 Å². The number of alkyl halides is 3. The Labute approximate surface area is 114 Å². The highest BCUT2D eigenvalue weighted by atomic mass is 19.4. The van der Waals surface area contributed by atoms with Gasteiger partial charge in [0.05, 0.1) is 11.1 Å². The highest BCUT2D eigenvalue weighted by Crippen LogP contribution is 2.31. The standard InChI is InChI=1S/C14H15F4NO/c1-9-3-2-6-19(8-9)13(20)11-7-10(14(16,17)18)4-5-12(11)15/h4-5,7,9H,2-3,6,8H2,1H3. The lowest BCUT2D eigenvalue weighted by atomic mass is 9.99. The molecule has 1 unspecified atom stereocenters. The van der Waals surface area contributed by atoms with Crippen molar-refractivity contribution in [2.24, 2.45) is 5.92 Å². The first-order chi connectivity index (χ1) is 9.29. The second kappa shape index (κ2) is 5.42. The van der Waals surface area contributed by atoms with Crippen molar-refractivity contribution < 1.29 is 22.4 Å². The second-order valence-electron chi connectivity index (χ2n) is 5.19. The van der Waals surface area contributed by atoms with Crippen LogP contribution in [0.5, 0.6) is 0 Å². The van der Waals surface area contributed by atoms with Crippen LogP contribution in [0, 0.1) is 11.7 Å². The molecule has 0 N–H and O–H groups in total. The van der Waals surface area contributed by atoms with E-state index in [1.54, 1.807) is 0 Å². The monoisotopic (exact) mass is 289 g/mol. The largest absolute Gasteiger partial charge is 0.416 e. The number of piperidine rings is 1. The van der Waals surface area contributed by atoms with E-state index in [4.69, 9.17) is 0 Å². The van der Waals surface area contributed by atoms with Crippen LogP contribution in [0.3, 0.4) is 0 Å². The number of halogens is 4. The Morgan fingerprint density at radius 2 is 2.05 bits per heavy atom. The molecule has 1 atom stereocenters. The quantitative estimate of drug-likeness (QED) is 0.722. The van der Waals surface area contributed by atoms with Crippen LogP contribution in [0.2, 0.25) is 0 Å². The lowest BCUT2D eigenvalue weighted by Crippen LogP contribution is -2.39. The fraction of sp³-hybridized carbons (Fsp3) is 0.500. The fourth-order valence-corrected chi connectivity index (χ4v) is 2.41. The maximum absolute atomic E-state index is 13.6. The van der Waals surface area contributed by atoms with Crippen molar-refractivity contribution in [3.63, 3.8) is 0 Å². The molecule has 6 heteroatoms. The van der Waals surface area contributed by atoms with Gasteiger partial charge in [0.25, 0.3) is 5.91 Å². The zero-order valence-electron chi connectivity index (χ0n) is 11.0. The van der Waals surface area contributed by atoms with Gasteiger partial charge in [0.15, 0.2) is 0 Å². The third-order valence-electron chi connectivity index (χ3n) is 3.47.